The lowest BCUT2D eigenvalue weighted by molar-refractivity contribution is 0.0771. The molecule has 0 N–H and O–H groups in total. The van der Waals surface area contributed by atoms with Crippen molar-refractivity contribution in [3.63, 3.8) is 0 Å². The monoisotopic (exact) mass is 419 g/mol. The Labute approximate surface area is 180 Å². The van der Waals surface area contributed by atoms with E-state index in [1.165, 1.54) is 0 Å². The van der Waals surface area contributed by atoms with E-state index in [0.717, 1.165) is 70.9 Å². The molecule has 0 bridgehead atoms. The molecule has 30 heavy (non-hydrogen) atoms. The smallest absolute Gasteiger partial charge is 0.253 e. The van der Waals surface area contributed by atoms with Gasteiger partial charge in [0.2, 0.25) is 0 Å². The number of rotatable bonds is 9. The highest BCUT2D eigenvalue weighted by molar-refractivity contribution is 5.94. The van der Waals surface area contributed by atoms with Gasteiger partial charge < -0.3 is 28.9 Å². The first-order chi connectivity index (χ1) is 14.5. The van der Waals surface area contributed by atoms with Gasteiger partial charge in [-0.25, -0.2) is 0 Å². The molecule has 1 unspecified atom stereocenters. The second kappa shape index (κ2) is 11.0. The highest BCUT2D eigenvalue weighted by Gasteiger charge is 2.26. The van der Waals surface area contributed by atoms with Gasteiger partial charge >= 0.3 is 0 Å². The molecule has 0 spiro atoms. The molecule has 7 heteroatoms. The maximum absolute atomic E-state index is 13.0. The molecule has 168 valence electrons. The van der Waals surface area contributed by atoms with Gasteiger partial charge in [-0.05, 0) is 57.0 Å². The molecule has 1 atom stereocenters. The fourth-order valence-corrected chi connectivity index (χ4v) is 4.36. The molecule has 2 heterocycles. The van der Waals surface area contributed by atoms with E-state index in [1.807, 2.05) is 30.1 Å². The fourth-order valence-electron chi connectivity index (χ4n) is 4.36. The zero-order valence-electron chi connectivity index (χ0n) is 18.9. The highest BCUT2D eigenvalue weighted by atomic mass is 16.5. The van der Waals surface area contributed by atoms with Gasteiger partial charge in [-0.15, -0.1) is 0 Å². The molecule has 0 saturated carbocycles. The summed E-state index contributed by atoms with van der Waals surface area (Å²) in [6, 6.07) is 5.54. The molecule has 2 aliphatic heterocycles. The summed E-state index contributed by atoms with van der Waals surface area (Å²) < 4.78 is 16.9. The van der Waals surface area contributed by atoms with Gasteiger partial charge in [0, 0.05) is 52.4 Å². The molecule has 2 aliphatic rings. The van der Waals surface area contributed by atoms with E-state index in [9.17, 15) is 4.79 Å². The number of nitrogens with zero attached hydrogens (tertiary/aromatic N) is 3. The predicted molar refractivity (Wildman–Crippen MR) is 118 cm³/mol. The van der Waals surface area contributed by atoms with E-state index < -0.39 is 0 Å². The van der Waals surface area contributed by atoms with Crippen LogP contribution in [0, 0.1) is 5.92 Å². The van der Waals surface area contributed by atoms with Gasteiger partial charge in [-0.2, -0.15) is 0 Å². The number of methoxy groups -OCH3 is 2. The van der Waals surface area contributed by atoms with Crippen molar-refractivity contribution < 1.29 is 19.0 Å². The van der Waals surface area contributed by atoms with Gasteiger partial charge in [-0.3, -0.25) is 4.79 Å². The number of piperidine rings is 1. The molecule has 0 aromatic heterocycles. The van der Waals surface area contributed by atoms with Crippen LogP contribution in [0.4, 0.5) is 0 Å². The van der Waals surface area contributed by atoms with Crippen molar-refractivity contribution >= 4 is 5.91 Å². The summed E-state index contributed by atoms with van der Waals surface area (Å²) in [5, 5.41) is 0. The van der Waals surface area contributed by atoms with Crippen molar-refractivity contribution in [2.75, 3.05) is 74.2 Å². The lowest BCUT2D eigenvalue weighted by Crippen LogP contribution is -2.35. The van der Waals surface area contributed by atoms with Crippen LogP contribution in [0.2, 0.25) is 0 Å². The van der Waals surface area contributed by atoms with Crippen molar-refractivity contribution in [2.24, 2.45) is 5.92 Å². The SMILES string of the molecule is COCCN1CCC(CN(C)C(=O)c2ccc(OC3CCN(C)CC3)c(OC)c2)C1. The molecule has 1 aromatic carbocycles. The Kier molecular flexibility index (Phi) is 8.36. The van der Waals surface area contributed by atoms with Gasteiger partial charge in [0.25, 0.3) is 5.91 Å². The second-order valence-electron chi connectivity index (χ2n) is 8.62. The van der Waals surface area contributed by atoms with E-state index >= 15 is 0 Å². The van der Waals surface area contributed by atoms with Crippen molar-refractivity contribution in [1.29, 1.82) is 0 Å². The molecule has 0 radical (unpaired) electrons. The minimum Gasteiger partial charge on any atom is -0.493 e. The molecule has 1 amide bonds. The first-order valence-corrected chi connectivity index (χ1v) is 11.0. The Bertz CT molecular complexity index is 691. The molecular weight excluding hydrogens is 382 g/mol. The van der Waals surface area contributed by atoms with Gasteiger partial charge in [0.1, 0.15) is 6.10 Å². The summed E-state index contributed by atoms with van der Waals surface area (Å²) >= 11 is 0. The van der Waals surface area contributed by atoms with Crippen LogP contribution in [0.5, 0.6) is 11.5 Å². The van der Waals surface area contributed by atoms with Crippen LogP contribution in [0.3, 0.4) is 0 Å². The highest BCUT2D eigenvalue weighted by Crippen LogP contribution is 2.31. The molecule has 1 aromatic rings. The van der Waals surface area contributed by atoms with Crippen LogP contribution in [0.1, 0.15) is 29.6 Å². The zero-order valence-corrected chi connectivity index (χ0v) is 18.9. The van der Waals surface area contributed by atoms with Crippen LogP contribution in [-0.4, -0.2) is 101 Å². The van der Waals surface area contributed by atoms with Crippen LogP contribution >= 0.6 is 0 Å². The van der Waals surface area contributed by atoms with E-state index in [1.54, 1.807) is 14.2 Å². The van der Waals surface area contributed by atoms with Crippen molar-refractivity contribution in [1.82, 2.24) is 14.7 Å². The number of carbonyl (C=O) groups excluding carboxylic acids is 1. The largest absolute Gasteiger partial charge is 0.493 e. The minimum absolute atomic E-state index is 0.0227. The summed E-state index contributed by atoms with van der Waals surface area (Å²) in [7, 11) is 7.38. The number of benzene rings is 1. The number of carbonyl (C=O) groups is 1. The van der Waals surface area contributed by atoms with Gasteiger partial charge in [0.05, 0.1) is 13.7 Å². The number of hydrogen-bond acceptors (Lipinski definition) is 6. The fraction of sp³-hybridized carbons (Fsp3) is 0.696. The maximum Gasteiger partial charge on any atom is 0.253 e. The normalized spacial score (nSPS) is 21.0. The van der Waals surface area contributed by atoms with Crippen molar-refractivity contribution in [3.8, 4) is 11.5 Å². The molecule has 2 saturated heterocycles. The quantitative estimate of drug-likeness (QED) is 0.612. The summed E-state index contributed by atoms with van der Waals surface area (Å²) in [4.78, 5) is 19.5. The third-order valence-electron chi connectivity index (χ3n) is 6.23. The lowest BCUT2D eigenvalue weighted by Gasteiger charge is -2.29. The lowest BCUT2D eigenvalue weighted by atomic mass is 10.1. The second-order valence-corrected chi connectivity index (χ2v) is 8.62. The first-order valence-electron chi connectivity index (χ1n) is 11.0. The summed E-state index contributed by atoms with van der Waals surface area (Å²) in [6.45, 7) is 6.66. The zero-order chi connectivity index (χ0) is 21.5. The number of amides is 1. The number of likely N-dealkylation sites (tertiary alicyclic amines) is 2. The molecule has 7 nitrogen and oxygen atoms in total. The predicted octanol–water partition coefficient (Wildman–Crippen LogP) is 2.21. The van der Waals surface area contributed by atoms with Gasteiger partial charge in [0.15, 0.2) is 11.5 Å². The first kappa shape index (κ1) is 22.8. The average molecular weight is 420 g/mol. The topological polar surface area (TPSA) is 54.5 Å². The van der Waals surface area contributed by atoms with Crippen LogP contribution in [0.25, 0.3) is 0 Å². The van der Waals surface area contributed by atoms with E-state index in [-0.39, 0.29) is 12.0 Å². The molecule has 0 aliphatic carbocycles. The van der Waals surface area contributed by atoms with Crippen LogP contribution < -0.4 is 9.47 Å². The van der Waals surface area contributed by atoms with E-state index in [4.69, 9.17) is 14.2 Å². The number of ether oxygens (including phenoxy) is 3. The molecule has 2 fully saturated rings. The van der Waals surface area contributed by atoms with E-state index in [0.29, 0.717) is 17.2 Å². The Balaban J connectivity index is 1.56. The maximum atomic E-state index is 13.0. The van der Waals surface area contributed by atoms with Crippen LogP contribution in [-0.2, 0) is 4.74 Å². The summed E-state index contributed by atoms with van der Waals surface area (Å²) in [5.41, 5.74) is 0.638. The van der Waals surface area contributed by atoms with E-state index in [2.05, 4.69) is 16.8 Å². The Morgan fingerprint density at radius 1 is 1.13 bits per heavy atom. The Morgan fingerprint density at radius 3 is 2.60 bits per heavy atom. The average Bonchev–Trinajstić information content (AvgIpc) is 3.20. The van der Waals surface area contributed by atoms with Crippen molar-refractivity contribution in [2.45, 2.75) is 25.4 Å². The minimum atomic E-state index is 0.0227. The van der Waals surface area contributed by atoms with Gasteiger partial charge in [-0.1, -0.05) is 0 Å². The standard InChI is InChI=1S/C23H37N3O4/c1-24-10-8-20(9-11-24)30-21-6-5-19(15-22(21)29-4)23(27)25(2)16-18-7-12-26(17-18)13-14-28-3/h5-6,15,18,20H,7-14,16-17H2,1-4H3. The van der Waals surface area contributed by atoms with Crippen LogP contribution in [0.15, 0.2) is 18.2 Å². The Morgan fingerprint density at radius 2 is 1.90 bits per heavy atom. The molecule has 3 rings (SSSR count). The summed E-state index contributed by atoms with van der Waals surface area (Å²) in [6.07, 6.45) is 3.33. The summed E-state index contributed by atoms with van der Waals surface area (Å²) in [5.74, 6) is 1.87. The Hall–Kier alpha value is -1.83. The third-order valence-corrected chi connectivity index (χ3v) is 6.23. The number of hydrogen-bond donors (Lipinski definition) is 0. The third kappa shape index (κ3) is 6.09. The molecular formula is C23H37N3O4. The van der Waals surface area contributed by atoms with Crippen molar-refractivity contribution in [3.05, 3.63) is 23.8 Å².